The SMILES string of the molecule is Cc1ccccc1Nc1nc(=O)c2cccnc2[se]1. The second-order valence-electron chi connectivity index (χ2n) is 4.12. The fourth-order valence-electron chi connectivity index (χ4n) is 1.78. The number of aryl methyl sites for hydroxylation is 1. The van der Waals surface area contributed by atoms with Gasteiger partial charge in [0.05, 0.1) is 0 Å². The zero-order valence-corrected chi connectivity index (χ0v) is 12.0. The number of para-hydroxylation sites is 1. The predicted molar refractivity (Wildman–Crippen MR) is 77.2 cm³/mol. The van der Waals surface area contributed by atoms with Crippen molar-refractivity contribution in [3.63, 3.8) is 0 Å². The van der Waals surface area contributed by atoms with Crippen LogP contribution in [0, 0.1) is 6.92 Å². The normalized spacial score (nSPS) is 10.6. The summed E-state index contributed by atoms with van der Waals surface area (Å²) in [7, 11) is 0. The van der Waals surface area contributed by atoms with Gasteiger partial charge in [0, 0.05) is 0 Å². The Morgan fingerprint density at radius 2 is 2.00 bits per heavy atom. The van der Waals surface area contributed by atoms with Gasteiger partial charge in [-0.3, -0.25) is 0 Å². The zero-order valence-electron chi connectivity index (χ0n) is 10.3. The molecule has 94 valence electrons. The molecule has 0 saturated heterocycles. The quantitative estimate of drug-likeness (QED) is 0.736. The van der Waals surface area contributed by atoms with Crippen LogP contribution >= 0.6 is 0 Å². The summed E-state index contributed by atoms with van der Waals surface area (Å²) in [5.74, 6) is 0. The van der Waals surface area contributed by atoms with E-state index in [9.17, 15) is 4.79 Å². The molecule has 0 bridgehead atoms. The Morgan fingerprint density at radius 3 is 2.84 bits per heavy atom. The first-order valence-corrected chi connectivity index (χ1v) is 7.54. The molecule has 3 aromatic rings. The van der Waals surface area contributed by atoms with Crippen LogP contribution in [0.4, 0.5) is 10.4 Å². The van der Waals surface area contributed by atoms with E-state index in [1.807, 2.05) is 31.2 Å². The van der Waals surface area contributed by atoms with Crippen LogP contribution < -0.4 is 10.9 Å². The Morgan fingerprint density at radius 1 is 1.16 bits per heavy atom. The molecule has 0 unspecified atom stereocenters. The molecule has 2 heterocycles. The van der Waals surface area contributed by atoms with Crippen LogP contribution in [-0.4, -0.2) is 24.5 Å². The third kappa shape index (κ3) is 2.43. The van der Waals surface area contributed by atoms with Crippen LogP contribution in [0.2, 0.25) is 0 Å². The first kappa shape index (κ1) is 12.1. The van der Waals surface area contributed by atoms with Crippen LogP contribution in [0.15, 0.2) is 47.4 Å². The van der Waals surface area contributed by atoms with E-state index >= 15 is 0 Å². The number of pyridine rings is 1. The third-order valence-electron chi connectivity index (χ3n) is 2.78. The molecule has 0 radical (unpaired) electrons. The van der Waals surface area contributed by atoms with Gasteiger partial charge in [-0.1, -0.05) is 0 Å². The molecule has 0 aliphatic heterocycles. The van der Waals surface area contributed by atoms with Gasteiger partial charge in [0.15, 0.2) is 0 Å². The molecule has 1 N–H and O–H groups in total. The van der Waals surface area contributed by atoms with Crippen molar-refractivity contribution in [3.8, 4) is 0 Å². The van der Waals surface area contributed by atoms with Crippen molar-refractivity contribution in [2.75, 3.05) is 5.32 Å². The van der Waals surface area contributed by atoms with E-state index in [0.717, 1.165) is 15.6 Å². The van der Waals surface area contributed by atoms with Gasteiger partial charge in [0.25, 0.3) is 0 Å². The van der Waals surface area contributed by atoms with Gasteiger partial charge in [0.1, 0.15) is 0 Å². The molecule has 0 aliphatic rings. The van der Waals surface area contributed by atoms with Crippen LogP contribution in [0.25, 0.3) is 9.78 Å². The summed E-state index contributed by atoms with van der Waals surface area (Å²) in [5, 5.41) is 3.86. The molecular weight excluding hydrogens is 305 g/mol. The van der Waals surface area contributed by atoms with Gasteiger partial charge in [-0.25, -0.2) is 0 Å². The Kier molecular flexibility index (Phi) is 3.15. The fourth-order valence-corrected chi connectivity index (χ4v) is 3.57. The van der Waals surface area contributed by atoms with E-state index in [2.05, 4.69) is 15.3 Å². The van der Waals surface area contributed by atoms with E-state index in [-0.39, 0.29) is 20.1 Å². The second-order valence-corrected chi connectivity index (χ2v) is 6.17. The summed E-state index contributed by atoms with van der Waals surface area (Å²) in [6, 6.07) is 11.5. The Labute approximate surface area is 115 Å². The minimum absolute atomic E-state index is 0.0627. The van der Waals surface area contributed by atoms with Crippen molar-refractivity contribution >= 4 is 34.7 Å². The number of hydrogen-bond donors (Lipinski definition) is 1. The van der Waals surface area contributed by atoms with E-state index in [1.54, 1.807) is 18.3 Å². The van der Waals surface area contributed by atoms with Crippen molar-refractivity contribution in [2.45, 2.75) is 6.92 Å². The van der Waals surface area contributed by atoms with Gasteiger partial charge in [-0.05, 0) is 0 Å². The molecule has 0 atom stereocenters. The van der Waals surface area contributed by atoms with Crippen molar-refractivity contribution in [1.82, 2.24) is 9.97 Å². The van der Waals surface area contributed by atoms with Crippen molar-refractivity contribution < 1.29 is 0 Å². The molecule has 4 nitrogen and oxygen atoms in total. The summed E-state index contributed by atoms with van der Waals surface area (Å²) < 4.78 is 1.55. The van der Waals surface area contributed by atoms with Crippen LogP contribution in [0.5, 0.6) is 0 Å². The molecule has 5 heteroatoms. The monoisotopic (exact) mass is 317 g/mol. The van der Waals surface area contributed by atoms with Gasteiger partial charge in [0.2, 0.25) is 0 Å². The third-order valence-corrected chi connectivity index (χ3v) is 4.68. The van der Waals surface area contributed by atoms with E-state index in [1.165, 1.54) is 0 Å². The molecule has 1 aromatic carbocycles. The fraction of sp³-hybridized carbons (Fsp3) is 0.0714. The molecule has 2 aromatic heterocycles. The number of hydrogen-bond acceptors (Lipinski definition) is 4. The molecule has 3 rings (SSSR count). The Hall–Kier alpha value is -1.97. The van der Waals surface area contributed by atoms with Crippen LogP contribution in [0.3, 0.4) is 0 Å². The van der Waals surface area contributed by atoms with Gasteiger partial charge < -0.3 is 0 Å². The minimum atomic E-state index is -0.215. The molecule has 0 spiro atoms. The summed E-state index contributed by atoms with van der Waals surface area (Å²) in [6.07, 6.45) is 1.71. The summed E-state index contributed by atoms with van der Waals surface area (Å²) in [4.78, 5) is 20.3. The van der Waals surface area contributed by atoms with Gasteiger partial charge in [-0.15, -0.1) is 0 Å². The van der Waals surface area contributed by atoms with Crippen molar-refractivity contribution in [3.05, 3.63) is 58.5 Å². The Bertz CT molecular complexity index is 798. The zero-order chi connectivity index (χ0) is 13.2. The number of anilines is 2. The maximum absolute atomic E-state index is 11.9. The van der Waals surface area contributed by atoms with Crippen LogP contribution in [-0.2, 0) is 0 Å². The second kappa shape index (κ2) is 4.96. The Balaban J connectivity index is 2.07. The summed E-state index contributed by atoms with van der Waals surface area (Å²) in [5.41, 5.74) is 1.89. The van der Waals surface area contributed by atoms with E-state index in [4.69, 9.17) is 0 Å². The molecule has 0 aliphatic carbocycles. The molecule has 19 heavy (non-hydrogen) atoms. The number of nitrogens with zero attached hydrogens (tertiary/aromatic N) is 2. The van der Waals surface area contributed by atoms with Crippen LogP contribution in [0.1, 0.15) is 5.56 Å². The topological polar surface area (TPSA) is 54.9 Å². The number of nitrogens with one attached hydrogen (secondary N) is 1. The maximum atomic E-state index is 11.9. The first-order chi connectivity index (χ1) is 9.24. The number of aromatic nitrogens is 2. The number of rotatable bonds is 2. The predicted octanol–water partition coefficient (Wildman–Crippen LogP) is 2.10. The molecule has 0 saturated carbocycles. The molecule has 0 amide bonds. The van der Waals surface area contributed by atoms with Crippen molar-refractivity contribution in [1.29, 1.82) is 0 Å². The van der Waals surface area contributed by atoms with E-state index < -0.39 is 0 Å². The average molecular weight is 316 g/mol. The van der Waals surface area contributed by atoms with Crippen molar-refractivity contribution in [2.24, 2.45) is 0 Å². The molecule has 0 fully saturated rings. The molecular formula is C14H11N3OSe. The average Bonchev–Trinajstić information content (AvgIpc) is 2.42. The first-order valence-electron chi connectivity index (χ1n) is 5.82. The van der Waals surface area contributed by atoms with Gasteiger partial charge >= 0.3 is 115 Å². The van der Waals surface area contributed by atoms with E-state index in [0.29, 0.717) is 10.1 Å². The standard InChI is InChI=1S/C14H11N3OSe/c1-9-5-2-3-7-11(9)16-14-17-12(18)10-6-4-8-15-13(10)19-14/h2-8H,1H3,(H,16,17,18). The summed E-state index contributed by atoms with van der Waals surface area (Å²) in [6.45, 7) is 2.02. The number of fused-ring (bicyclic) bond motifs is 1. The summed E-state index contributed by atoms with van der Waals surface area (Å²) >= 11 is -0.0627. The van der Waals surface area contributed by atoms with Gasteiger partial charge in [-0.2, -0.15) is 0 Å². The number of benzene rings is 1.